The maximum Gasteiger partial charge on any atom is 0.434 e. The van der Waals surface area contributed by atoms with Crippen molar-refractivity contribution in [3.63, 3.8) is 0 Å². The number of hydrogen-bond donors (Lipinski definition) is 0. The number of rotatable bonds is 2. The molecule has 0 aliphatic heterocycles. The van der Waals surface area contributed by atoms with Crippen LogP contribution in [0.3, 0.4) is 0 Å². The van der Waals surface area contributed by atoms with Crippen LogP contribution in [0.25, 0.3) is 0 Å². The van der Waals surface area contributed by atoms with Gasteiger partial charge in [-0.1, -0.05) is 0 Å². The van der Waals surface area contributed by atoms with E-state index in [0.29, 0.717) is 6.20 Å². The molecule has 0 N–H and O–H groups in total. The van der Waals surface area contributed by atoms with E-state index in [1.54, 1.807) is 0 Å². The largest absolute Gasteiger partial charge is 0.479 e. The Kier molecular flexibility index (Phi) is 2.68. The van der Waals surface area contributed by atoms with E-state index in [4.69, 9.17) is 0 Å². The third kappa shape index (κ3) is 1.98. The number of nitrogens with zero attached hydrogens (tertiary/aromatic N) is 2. The minimum atomic E-state index is -4.61. The molecule has 0 aromatic carbocycles. The summed E-state index contributed by atoms with van der Waals surface area (Å²) in [6, 6.07) is 0. The molecule has 0 saturated heterocycles. The molecule has 7 heteroatoms. The van der Waals surface area contributed by atoms with E-state index in [9.17, 15) is 18.0 Å². The van der Waals surface area contributed by atoms with E-state index in [1.165, 1.54) is 7.11 Å². The van der Waals surface area contributed by atoms with Gasteiger partial charge in [0.15, 0.2) is 17.7 Å². The second-order valence-corrected chi connectivity index (χ2v) is 2.27. The number of aromatic nitrogens is 2. The summed E-state index contributed by atoms with van der Waals surface area (Å²) in [4.78, 5) is 16.7. The van der Waals surface area contributed by atoms with E-state index in [2.05, 4.69) is 14.7 Å². The molecule has 0 radical (unpaired) electrons. The standard InChI is InChI=1S/C7H5F3N2O2/c1-14-6-4(3-13)12-5(2-11-6)7(8,9)10/h2-3H,1H3. The first-order valence-electron chi connectivity index (χ1n) is 3.42. The fraction of sp³-hybridized carbons (Fsp3) is 0.286. The summed E-state index contributed by atoms with van der Waals surface area (Å²) < 4.78 is 40.8. The molecule has 0 amide bonds. The number of hydrogen-bond acceptors (Lipinski definition) is 4. The van der Waals surface area contributed by atoms with Crippen molar-refractivity contribution in [3.8, 4) is 5.88 Å². The predicted molar refractivity (Wildman–Crippen MR) is 39.0 cm³/mol. The molecule has 0 unspecified atom stereocenters. The van der Waals surface area contributed by atoms with Gasteiger partial charge in [-0.2, -0.15) is 13.2 Å². The first-order chi connectivity index (χ1) is 6.49. The van der Waals surface area contributed by atoms with Gasteiger partial charge in [0.25, 0.3) is 0 Å². The predicted octanol–water partition coefficient (Wildman–Crippen LogP) is 1.32. The molecule has 1 aromatic rings. The quantitative estimate of drug-likeness (QED) is 0.684. The van der Waals surface area contributed by atoms with Gasteiger partial charge < -0.3 is 4.74 Å². The van der Waals surface area contributed by atoms with Crippen LogP contribution in [0.5, 0.6) is 5.88 Å². The molecule has 1 aromatic heterocycles. The Morgan fingerprint density at radius 3 is 2.57 bits per heavy atom. The van der Waals surface area contributed by atoms with Crippen LogP contribution in [-0.4, -0.2) is 23.4 Å². The van der Waals surface area contributed by atoms with Gasteiger partial charge >= 0.3 is 6.18 Å². The SMILES string of the molecule is COc1ncc(C(F)(F)F)nc1C=O. The highest BCUT2D eigenvalue weighted by Crippen LogP contribution is 2.28. The van der Waals surface area contributed by atoms with Gasteiger partial charge in [-0.05, 0) is 0 Å². The second-order valence-electron chi connectivity index (χ2n) is 2.27. The molecule has 0 fully saturated rings. The normalized spacial score (nSPS) is 11.1. The number of aldehydes is 1. The van der Waals surface area contributed by atoms with Gasteiger partial charge in [0, 0.05) is 0 Å². The van der Waals surface area contributed by atoms with Crippen molar-refractivity contribution < 1.29 is 22.7 Å². The lowest BCUT2D eigenvalue weighted by Crippen LogP contribution is -2.11. The first kappa shape index (κ1) is 10.4. The summed E-state index contributed by atoms with van der Waals surface area (Å²) in [7, 11) is 1.18. The Labute approximate surface area is 76.7 Å². The molecule has 0 spiro atoms. The average Bonchev–Trinajstić information content (AvgIpc) is 2.15. The third-order valence-corrected chi connectivity index (χ3v) is 1.36. The van der Waals surface area contributed by atoms with Crippen LogP contribution in [0, 0.1) is 0 Å². The van der Waals surface area contributed by atoms with Crippen LogP contribution >= 0.6 is 0 Å². The molecule has 1 rings (SSSR count). The van der Waals surface area contributed by atoms with Gasteiger partial charge in [-0.3, -0.25) is 4.79 Å². The van der Waals surface area contributed by atoms with Crippen molar-refractivity contribution in [1.82, 2.24) is 9.97 Å². The van der Waals surface area contributed by atoms with Crippen LogP contribution in [0.2, 0.25) is 0 Å². The molecule has 0 aliphatic rings. The Balaban J connectivity index is 3.21. The van der Waals surface area contributed by atoms with Gasteiger partial charge in [0.05, 0.1) is 13.3 Å². The van der Waals surface area contributed by atoms with E-state index in [1.807, 2.05) is 0 Å². The maximum absolute atomic E-state index is 12.1. The molecule has 0 bridgehead atoms. The van der Waals surface area contributed by atoms with Crippen molar-refractivity contribution in [1.29, 1.82) is 0 Å². The summed E-state index contributed by atoms with van der Waals surface area (Å²) >= 11 is 0. The minimum absolute atomic E-state index is 0.154. The topological polar surface area (TPSA) is 52.1 Å². The average molecular weight is 206 g/mol. The molecule has 4 nitrogen and oxygen atoms in total. The molecule has 76 valence electrons. The van der Waals surface area contributed by atoms with Gasteiger partial charge in [0.1, 0.15) is 0 Å². The highest BCUT2D eigenvalue weighted by Gasteiger charge is 2.33. The second kappa shape index (κ2) is 3.60. The number of methoxy groups -OCH3 is 1. The number of carbonyl (C=O) groups is 1. The van der Waals surface area contributed by atoms with Crippen LogP contribution in [-0.2, 0) is 6.18 Å². The summed E-state index contributed by atoms with van der Waals surface area (Å²) in [5, 5.41) is 0. The Hall–Kier alpha value is -1.66. The number of carbonyl (C=O) groups excluding carboxylic acids is 1. The van der Waals surface area contributed by atoms with Crippen LogP contribution in [0.15, 0.2) is 6.20 Å². The van der Waals surface area contributed by atoms with Crippen molar-refractivity contribution in [2.75, 3.05) is 7.11 Å². The zero-order valence-electron chi connectivity index (χ0n) is 7.00. The van der Waals surface area contributed by atoms with Gasteiger partial charge in [-0.15, -0.1) is 0 Å². The van der Waals surface area contributed by atoms with Crippen molar-refractivity contribution in [2.24, 2.45) is 0 Å². The Bertz CT molecular complexity index is 351. The summed E-state index contributed by atoms with van der Waals surface area (Å²) in [6.45, 7) is 0. The van der Waals surface area contributed by atoms with E-state index in [0.717, 1.165) is 0 Å². The molecular formula is C7H5F3N2O2. The Morgan fingerprint density at radius 1 is 1.50 bits per heavy atom. The van der Waals surface area contributed by atoms with E-state index < -0.39 is 17.6 Å². The molecule has 14 heavy (non-hydrogen) atoms. The summed E-state index contributed by atoms with van der Waals surface area (Å²) in [5.74, 6) is -0.229. The van der Waals surface area contributed by atoms with Gasteiger partial charge in [-0.25, -0.2) is 9.97 Å². The highest BCUT2D eigenvalue weighted by molar-refractivity contribution is 5.75. The van der Waals surface area contributed by atoms with Crippen molar-refractivity contribution >= 4 is 6.29 Å². The zero-order chi connectivity index (χ0) is 10.8. The van der Waals surface area contributed by atoms with Crippen molar-refractivity contribution in [3.05, 3.63) is 17.6 Å². The van der Waals surface area contributed by atoms with E-state index in [-0.39, 0.29) is 12.2 Å². The third-order valence-electron chi connectivity index (χ3n) is 1.36. The monoisotopic (exact) mass is 206 g/mol. The molecule has 0 aliphatic carbocycles. The van der Waals surface area contributed by atoms with Crippen molar-refractivity contribution in [2.45, 2.75) is 6.18 Å². The zero-order valence-corrected chi connectivity index (χ0v) is 7.00. The lowest BCUT2D eigenvalue weighted by Gasteiger charge is -2.06. The fourth-order valence-corrected chi connectivity index (χ4v) is 0.763. The number of ether oxygens (including phenoxy) is 1. The van der Waals surface area contributed by atoms with Crippen LogP contribution in [0.1, 0.15) is 16.2 Å². The fourth-order valence-electron chi connectivity index (χ4n) is 0.763. The lowest BCUT2D eigenvalue weighted by atomic mass is 10.4. The van der Waals surface area contributed by atoms with Crippen LogP contribution in [0.4, 0.5) is 13.2 Å². The summed E-state index contributed by atoms with van der Waals surface area (Å²) in [6.07, 6.45) is -3.95. The molecule has 0 saturated carbocycles. The first-order valence-corrected chi connectivity index (χ1v) is 3.42. The molecule has 0 atom stereocenters. The lowest BCUT2D eigenvalue weighted by molar-refractivity contribution is -0.141. The molecule has 1 heterocycles. The van der Waals surface area contributed by atoms with Crippen LogP contribution < -0.4 is 4.74 Å². The minimum Gasteiger partial charge on any atom is -0.479 e. The van der Waals surface area contributed by atoms with Gasteiger partial charge in [0.2, 0.25) is 5.88 Å². The number of halogens is 3. The molecular weight excluding hydrogens is 201 g/mol. The highest BCUT2D eigenvalue weighted by atomic mass is 19.4. The number of alkyl halides is 3. The summed E-state index contributed by atoms with van der Waals surface area (Å²) in [5.41, 5.74) is -1.69. The van der Waals surface area contributed by atoms with E-state index >= 15 is 0 Å². The smallest absolute Gasteiger partial charge is 0.434 e. The Morgan fingerprint density at radius 2 is 2.14 bits per heavy atom. The maximum atomic E-state index is 12.1.